The van der Waals surface area contributed by atoms with Crippen LogP contribution in [0.3, 0.4) is 0 Å². The summed E-state index contributed by atoms with van der Waals surface area (Å²) in [4.78, 5) is 4.42. The van der Waals surface area contributed by atoms with Crippen LogP contribution in [0.4, 0.5) is 0 Å². The normalized spacial score (nSPS) is 19.2. The van der Waals surface area contributed by atoms with Crippen LogP contribution >= 0.6 is 0 Å². The van der Waals surface area contributed by atoms with E-state index in [1.54, 1.807) is 0 Å². The number of pyridine rings is 1. The number of nitrogens with one attached hydrogen (secondary N) is 1. The zero-order valence-corrected chi connectivity index (χ0v) is 13.3. The van der Waals surface area contributed by atoms with Gasteiger partial charge in [-0.1, -0.05) is 33.8 Å². The number of aromatic nitrogens is 1. The average Bonchev–Trinajstić information content (AvgIpc) is 2.40. The highest BCUT2D eigenvalue weighted by Gasteiger charge is 2.28. The molecule has 0 spiro atoms. The molecule has 0 atom stereocenters. The topological polar surface area (TPSA) is 34.2 Å². The maximum absolute atomic E-state index is 6.16. The lowest BCUT2D eigenvalue weighted by molar-refractivity contribution is 0.0938. The molecule has 1 fully saturated rings. The van der Waals surface area contributed by atoms with Gasteiger partial charge in [0, 0.05) is 24.3 Å². The van der Waals surface area contributed by atoms with E-state index in [4.69, 9.17) is 4.74 Å². The van der Waals surface area contributed by atoms with Crippen molar-refractivity contribution in [1.29, 1.82) is 0 Å². The van der Waals surface area contributed by atoms with E-state index in [-0.39, 0.29) is 0 Å². The van der Waals surface area contributed by atoms with Crippen molar-refractivity contribution in [2.24, 2.45) is 5.41 Å². The van der Waals surface area contributed by atoms with E-state index in [2.05, 4.69) is 44.1 Å². The molecule has 1 aliphatic rings. The molecule has 0 amide bonds. The molecule has 1 N–H and O–H groups in total. The van der Waals surface area contributed by atoms with Gasteiger partial charge in [-0.25, -0.2) is 4.98 Å². The molecule has 0 aliphatic heterocycles. The molecule has 1 heterocycles. The van der Waals surface area contributed by atoms with Gasteiger partial charge in [0.05, 0.1) is 0 Å². The Morgan fingerprint density at radius 1 is 1.35 bits per heavy atom. The monoisotopic (exact) mass is 276 g/mol. The Kier molecular flexibility index (Phi) is 5.03. The third-order valence-corrected chi connectivity index (χ3v) is 4.12. The lowest BCUT2D eigenvalue weighted by atomic mass is 9.76. The summed E-state index contributed by atoms with van der Waals surface area (Å²) < 4.78 is 6.16. The van der Waals surface area contributed by atoms with Gasteiger partial charge >= 0.3 is 0 Å². The second-order valence-corrected chi connectivity index (χ2v) is 6.98. The Hall–Kier alpha value is -1.09. The maximum Gasteiger partial charge on any atom is 0.218 e. The van der Waals surface area contributed by atoms with E-state index in [1.807, 2.05) is 12.3 Å². The fourth-order valence-electron chi connectivity index (χ4n) is 2.63. The second kappa shape index (κ2) is 6.57. The van der Waals surface area contributed by atoms with Crippen molar-refractivity contribution in [2.45, 2.75) is 72.1 Å². The summed E-state index contributed by atoms with van der Waals surface area (Å²) >= 11 is 0. The Balaban J connectivity index is 1.95. The fourth-order valence-corrected chi connectivity index (χ4v) is 2.63. The van der Waals surface area contributed by atoms with Crippen LogP contribution in [0.25, 0.3) is 0 Å². The molecular formula is C17H28N2O. The van der Waals surface area contributed by atoms with Crippen LogP contribution in [-0.4, -0.2) is 17.1 Å². The number of nitrogens with zero attached hydrogens (tertiary/aromatic N) is 1. The number of ether oxygens (including phenoxy) is 1. The van der Waals surface area contributed by atoms with Gasteiger partial charge in [-0.3, -0.25) is 0 Å². The van der Waals surface area contributed by atoms with E-state index in [9.17, 15) is 0 Å². The quantitative estimate of drug-likeness (QED) is 0.885. The molecule has 3 nitrogen and oxygen atoms in total. The lowest BCUT2D eigenvalue weighted by Crippen LogP contribution is -2.29. The van der Waals surface area contributed by atoms with Gasteiger partial charge < -0.3 is 10.1 Å². The molecule has 1 aromatic heterocycles. The first-order chi connectivity index (χ1) is 9.46. The summed E-state index contributed by atoms with van der Waals surface area (Å²) in [5.74, 6) is 0.811. The lowest BCUT2D eigenvalue weighted by Gasteiger charge is -2.34. The van der Waals surface area contributed by atoms with Crippen LogP contribution in [0.1, 0.15) is 58.9 Å². The Morgan fingerprint density at radius 3 is 2.70 bits per heavy atom. The maximum atomic E-state index is 6.16. The van der Waals surface area contributed by atoms with E-state index in [0.717, 1.165) is 30.8 Å². The molecule has 1 aromatic rings. The van der Waals surface area contributed by atoms with Gasteiger partial charge in [-0.2, -0.15) is 0 Å². The van der Waals surface area contributed by atoms with Gasteiger partial charge in [0.2, 0.25) is 5.88 Å². The molecule has 0 radical (unpaired) electrons. The predicted octanol–water partition coefficient (Wildman–Crippen LogP) is 3.93. The highest BCUT2D eigenvalue weighted by atomic mass is 16.5. The summed E-state index contributed by atoms with van der Waals surface area (Å²) in [7, 11) is 0. The minimum Gasteiger partial charge on any atom is -0.474 e. The molecule has 112 valence electrons. The average molecular weight is 276 g/mol. The van der Waals surface area contributed by atoms with Crippen molar-refractivity contribution in [2.75, 3.05) is 0 Å². The SMILES string of the molecule is CC(C)NCc1cccnc1OC1CCC(C)(C)CC1. The van der Waals surface area contributed by atoms with Crippen LogP contribution in [-0.2, 0) is 6.54 Å². The Morgan fingerprint density at radius 2 is 2.05 bits per heavy atom. The fraction of sp³-hybridized carbons (Fsp3) is 0.706. The zero-order valence-electron chi connectivity index (χ0n) is 13.3. The van der Waals surface area contributed by atoms with Crippen molar-refractivity contribution < 1.29 is 4.74 Å². The molecule has 0 bridgehead atoms. The summed E-state index contributed by atoms with van der Waals surface area (Å²) in [5.41, 5.74) is 1.64. The highest BCUT2D eigenvalue weighted by Crippen LogP contribution is 2.36. The van der Waals surface area contributed by atoms with Crippen molar-refractivity contribution >= 4 is 0 Å². The molecule has 0 unspecified atom stereocenters. The number of rotatable bonds is 5. The minimum atomic E-state index is 0.329. The predicted molar refractivity (Wildman–Crippen MR) is 82.9 cm³/mol. The molecule has 0 saturated heterocycles. The van der Waals surface area contributed by atoms with Crippen LogP contribution in [0.15, 0.2) is 18.3 Å². The van der Waals surface area contributed by atoms with Crippen LogP contribution < -0.4 is 10.1 Å². The van der Waals surface area contributed by atoms with Gasteiger partial charge in [-0.15, -0.1) is 0 Å². The number of hydrogen-bond donors (Lipinski definition) is 1. The molecule has 3 heteroatoms. The standard InChI is InChI=1S/C17H28N2O/c1-13(2)19-12-14-6-5-11-18-16(14)20-15-7-9-17(3,4)10-8-15/h5-6,11,13,15,19H,7-10,12H2,1-4H3. The van der Waals surface area contributed by atoms with E-state index < -0.39 is 0 Å². The first-order valence-corrected chi connectivity index (χ1v) is 7.80. The summed E-state index contributed by atoms with van der Waals surface area (Å²) in [6.45, 7) is 9.82. The highest BCUT2D eigenvalue weighted by molar-refractivity contribution is 5.25. The molecule has 20 heavy (non-hydrogen) atoms. The van der Waals surface area contributed by atoms with Gasteiger partial charge in [0.15, 0.2) is 0 Å². The Bertz CT molecular complexity index is 419. The van der Waals surface area contributed by atoms with E-state index in [1.165, 1.54) is 12.8 Å². The van der Waals surface area contributed by atoms with Gasteiger partial charge in [0.25, 0.3) is 0 Å². The third kappa shape index (κ3) is 4.48. The molecule has 1 saturated carbocycles. The zero-order chi connectivity index (χ0) is 14.6. The molecule has 2 rings (SSSR count). The Labute approximate surface area is 123 Å². The first kappa shape index (κ1) is 15.3. The van der Waals surface area contributed by atoms with E-state index >= 15 is 0 Å². The minimum absolute atomic E-state index is 0.329. The smallest absolute Gasteiger partial charge is 0.218 e. The molecule has 0 aromatic carbocycles. The largest absolute Gasteiger partial charge is 0.474 e. The number of hydrogen-bond acceptors (Lipinski definition) is 3. The van der Waals surface area contributed by atoms with Crippen LogP contribution in [0.5, 0.6) is 5.88 Å². The van der Waals surface area contributed by atoms with E-state index in [0.29, 0.717) is 17.6 Å². The molecule has 1 aliphatic carbocycles. The van der Waals surface area contributed by atoms with Crippen molar-refractivity contribution in [3.8, 4) is 5.88 Å². The molecular weight excluding hydrogens is 248 g/mol. The van der Waals surface area contributed by atoms with Crippen molar-refractivity contribution in [3.05, 3.63) is 23.9 Å². The van der Waals surface area contributed by atoms with Crippen molar-refractivity contribution in [1.82, 2.24) is 10.3 Å². The van der Waals surface area contributed by atoms with Gasteiger partial charge in [0.1, 0.15) is 6.10 Å². The van der Waals surface area contributed by atoms with Crippen LogP contribution in [0, 0.1) is 5.41 Å². The summed E-state index contributed by atoms with van der Waals surface area (Å²) in [6.07, 6.45) is 6.91. The first-order valence-electron chi connectivity index (χ1n) is 7.80. The van der Waals surface area contributed by atoms with Gasteiger partial charge in [-0.05, 0) is 37.2 Å². The summed E-state index contributed by atoms with van der Waals surface area (Å²) in [6, 6.07) is 4.55. The second-order valence-electron chi connectivity index (χ2n) is 6.98. The van der Waals surface area contributed by atoms with Crippen LogP contribution in [0.2, 0.25) is 0 Å². The van der Waals surface area contributed by atoms with Crippen molar-refractivity contribution in [3.63, 3.8) is 0 Å². The third-order valence-electron chi connectivity index (χ3n) is 4.12. The summed E-state index contributed by atoms with van der Waals surface area (Å²) in [5, 5.41) is 3.43.